The highest BCUT2D eigenvalue weighted by atomic mass is 32.2. The Labute approximate surface area is 636 Å². The first kappa shape index (κ1) is 84.8. The van der Waals surface area contributed by atoms with Gasteiger partial charge in [0.15, 0.2) is 16.8 Å². The number of pyridine rings is 1. The summed E-state index contributed by atoms with van der Waals surface area (Å²) in [7, 11) is -17.8. The molecule has 8 aromatic rings. The van der Waals surface area contributed by atoms with Gasteiger partial charge in [-0.25, -0.2) is 15.0 Å². The minimum Gasteiger partial charge on any atom is -0.338 e. The van der Waals surface area contributed by atoms with Crippen LogP contribution in [-0.4, -0.2) is 156 Å². The lowest BCUT2D eigenvalue weighted by Crippen LogP contribution is -2.49. The third kappa shape index (κ3) is 16.7. The lowest BCUT2D eigenvalue weighted by molar-refractivity contribution is -1.08. The van der Waals surface area contributed by atoms with Crippen LogP contribution in [0.25, 0.3) is 25.6 Å². The molecule has 32 heteroatoms. The number of anilines is 5. The van der Waals surface area contributed by atoms with Crippen LogP contribution in [0.1, 0.15) is 182 Å². The third-order valence-corrected chi connectivity index (χ3v) is 28.5. The van der Waals surface area contributed by atoms with E-state index in [1.165, 1.54) is 28.9 Å². The molecule has 1 N–H and O–H groups in total. The Morgan fingerprint density at radius 1 is 0.519 bits per heavy atom. The van der Waals surface area contributed by atoms with Gasteiger partial charge >= 0.3 is 40.5 Å². The average molecular weight is 1580 g/mol. The maximum atomic E-state index is 15.4. The molecule has 4 aromatic carbocycles. The summed E-state index contributed by atoms with van der Waals surface area (Å²) in [6, 6.07) is 16.9. The molecular formula is C74H108N14O12S6+4. The van der Waals surface area contributed by atoms with Gasteiger partial charge in [-0.05, 0) is 211 Å². The average Bonchev–Trinajstić information content (AvgIpc) is 1.10. The molecule has 0 radical (unpaired) electrons. The van der Waals surface area contributed by atoms with Gasteiger partial charge in [0.2, 0.25) is 5.13 Å². The minimum absolute atomic E-state index is 0.0247. The second kappa shape index (κ2) is 33.2. The van der Waals surface area contributed by atoms with E-state index in [0.717, 1.165) is 22.7 Å². The lowest BCUT2D eigenvalue weighted by Gasteiger charge is -2.33. The molecule has 0 aliphatic rings. The summed E-state index contributed by atoms with van der Waals surface area (Å²) in [5, 5.41) is 30.5. The minimum atomic E-state index is -4.59. The molecule has 0 bridgehead atoms. The van der Waals surface area contributed by atoms with Crippen LogP contribution in [0.4, 0.5) is 39.6 Å². The van der Waals surface area contributed by atoms with Crippen molar-refractivity contribution in [2.24, 2.45) is 10.2 Å². The number of fused-ring (bicyclic) bond motifs is 2. The number of nitrogens with one attached hydrogen (secondary N) is 1. The zero-order chi connectivity index (χ0) is 78.7. The van der Waals surface area contributed by atoms with Crippen molar-refractivity contribution in [3.63, 3.8) is 0 Å². The predicted octanol–water partition coefficient (Wildman–Crippen LogP) is 16.4. The van der Waals surface area contributed by atoms with Crippen molar-refractivity contribution < 1.29 is 69.4 Å². The highest BCUT2D eigenvalue weighted by Gasteiger charge is 2.42. The normalized spacial score (nSPS) is 13.3. The summed E-state index contributed by atoms with van der Waals surface area (Å²) >= 11 is 2.27. The number of hydroxylamine groups is 12. The molecule has 4 aromatic heterocycles. The number of quaternary nitrogens is 4. The molecule has 0 unspecified atom stereocenters. The van der Waals surface area contributed by atoms with Gasteiger partial charge in [-0.3, -0.25) is 4.90 Å². The highest BCUT2D eigenvalue weighted by molar-refractivity contribution is 7.87. The van der Waals surface area contributed by atoms with Crippen molar-refractivity contribution in [1.82, 2.24) is 24.7 Å². The van der Waals surface area contributed by atoms with Crippen LogP contribution >= 0.6 is 22.7 Å². The zero-order valence-corrected chi connectivity index (χ0v) is 70.6. The first-order valence-electron chi connectivity index (χ1n) is 36.8. The van der Waals surface area contributed by atoms with Crippen LogP contribution in [0.15, 0.2) is 84.4 Å². The van der Waals surface area contributed by atoms with Gasteiger partial charge in [0.25, 0.3) is 0 Å². The molecule has 0 saturated heterocycles. The molecule has 0 aliphatic carbocycles. The van der Waals surface area contributed by atoms with Gasteiger partial charge in [-0.15, -0.1) is 10.2 Å². The molecule has 4 heterocycles. The second-order valence-electron chi connectivity index (χ2n) is 27.3. The largest absolute Gasteiger partial charge is 0.343 e. The van der Waals surface area contributed by atoms with E-state index in [-0.39, 0.29) is 90.0 Å². The quantitative estimate of drug-likeness (QED) is 0.0217. The van der Waals surface area contributed by atoms with Crippen LogP contribution in [0.2, 0.25) is 0 Å². The molecular weight excluding hydrogens is 1470 g/mol. The summed E-state index contributed by atoms with van der Waals surface area (Å²) in [5.41, 5.74) is 4.92. The standard InChI is InChI=1S/C74H108N14O12S6/c1-23-52-43-50(18)67(105(93,94)99-87(33-11,34-12)35-13)56(25-3)65(52)79-70-64(80-81-71-58(48-75)69(74(20,21)22)82-84(71)73-77-60-42-40-55(47-62(60)102-73)104(91,92)98-86(30-8,31-9)32-10)49(17)45-63(78-70)83(72-76-59-41-39-54(46-61(59)101-72)103(89,90)97-85(27-5,28-6)29-7)66-53(24-2)44-51(19)68(57(66)26-4)106(95,96)100-88(36-14,37-15)38-16/h39-47H,23-38H2,1-22H3,(H,78,79)/q+4. The fourth-order valence-electron chi connectivity index (χ4n) is 13.6. The highest BCUT2D eigenvalue weighted by Crippen LogP contribution is 2.49. The molecule has 0 amide bonds. The molecule has 8 rings (SSSR count). The predicted molar refractivity (Wildman–Crippen MR) is 418 cm³/mol. The van der Waals surface area contributed by atoms with Crippen LogP contribution < -0.4 is 10.2 Å². The number of rotatable bonds is 36. The van der Waals surface area contributed by atoms with E-state index < -0.39 is 45.9 Å². The van der Waals surface area contributed by atoms with Gasteiger partial charge in [0.1, 0.15) is 121 Å². The number of aromatic nitrogens is 5. The van der Waals surface area contributed by atoms with E-state index >= 15 is 16.8 Å². The summed E-state index contributed by atoms with van der Waals surface area (Å²) in [6.45, 7) is 45.7. The summed E-state index contributed by atoms with van der Waals surface area (Å²) in [6.07, 6.45) is 1.10. The van der Waals surface area contributed by atoms with E-state index in [0.29, 0.717) is 168 Å². The van der Waals surface area contributed by atoms with Gasteiger partial charge < -0.3 is 5.32 Å². The Balaban J connectivity index is 1.51. The Morgan fingerprint density at radius 2 is 0.943 bits per heavy atom. The Kier molecular flexibility index (Phi) is 26.5. The van der Waals surface area contributed by atoms with Gasteiger partial charge in [0.05, 0.1) is 31.8 Å². The van der Waals surface area contributed by atoms with Crippen molar-refractivity contribution in [2.75, 3.05) is 88.8 Å². The summed E-state index contributed by atoms with van der Waals surface area (Å²) < 4.78 is 144. The summed E-state index contributed by atoms with van der Waals surface area (Å²) in [4.78, 5) is 17.3. The zero-order valence-electron chi connectivity index (χ0n) is 65.7. The van der Waals surface area contributed by atoms with E-state index in [4.69, 9.17) is 47.4 Å². The molecule has 0 fully saturated rings. The monoisotopic (exact) mass is 1580 g/mol. The molecule has 0 aliphatic heterocycles. The number of hydrogen-bond donors (Lipinski definition) is 1. The Morgan fingerprint density at radius 3 is 1.37 bits per heavy atom. The van der Waals surface area contributed by atoms with Crippen LogP contribution in [0.3, 0.4) is 0 Å². The van der Waals surface area contributed by atoms with Crippen molar-refractivity contribution in [1.29, 1.82) is 5.26 Å². The van der Waals surface area contributed by atoms with E-state index in [9.17, 15) is 22.1 Å². The van der Waals surface area contributed by atoms with Gasteiger partial charge in [-0.2, -0.15) is 67.3 Å². The fraction of sp³-hybridized carbons (Fsp3) is 0.527. The van der Waals surface area contributed by atoms with Crippen LogP contribution in [0.5, 0.6) is 0 Å². The number of benzene rings is 4. The van der Waals surface area contributed by atoms with Crippen molar-refractivity contribution >= 4 is 123 Å². The van der Waals surface area contributed by atoms with Crippen molar-refractivity contribution in [3.8, 4) is 11.2 Å². The molecule has 26 nitrogen and oxygen atoms in total. The smallest absolute Gasteiger partial charge is 0.338 e. The van der Waals surface area contributed by atoms with E-state index in [2.05, 4.69) is 11.4 Å². The molecule has 578 valence electrons. The fourth-order valence-corrected chi connectivity index (χ4v) is 21.9. The Hall–Kier alpha value is -6.81. The van der Waals surface area contributed by atoms with Crippen LogP contribution in [0, 0.1) is 32.1 Å². The molecule has 0 saturated carbocycles. The molecule has 0 spiro atoms. The molecule has 0 atom stereocenters. The number of hydrogen-bond acceptors (Lipinski definition) is 23. The number of azo groups is 1. The Bertz CT molecular complexity index is 5090. The maximum Gasteiger partial charge on any atom is 0.343 e. The topological polar surface area (TPSA) is 294 Å². The molecule has 106 heavy (non-hydrogen) atoms. The number of thiazole rings is 2. The van der Waals surface area contributed by atoms with Crippen molar-refractivity contribution in [3.05, 3.63) is 105 Å². The van der Waals surface area contributed by atoms with E-state index in [1.54, 1.807) is 43.9 Å². The lowest BCUT2D eigenvalue weighted by atomic mass is 9.90. The first-order chi connectivity index (χ1) is 49.9. The number of nitrogens with zero attached hydrogens (tertiary/aromatic N) is 13. The number of aryl methyl sites for hydroxylation is 5. The first-order valence-corrected chi connectivity index (χ1v) is 44.1. The third-order valence-electron chi connectivity index (χ3n) is 20.6. The van der Waals surface area contributed by atoms with Gasteiger partial charge in [0, 0.05) is 11.1 Å². The number of nitriles is 1. The second-order valence-corrected chi connectivity index (χ2v) is 35.3. The van der Waals surface area contributed by atoms with E-state index in [1.807, 2.05) is 144 Å². The maximum absolute atomic E-state index is 15.4. The van der Waals surface area contributed by atoms with Gasteiger partial charge in [-0.1, -0.05) is 100 Å². The SMILES string of the molecule is CCc1cc(C)c(S(=O)(=O)O[N+](CC)(CC)CC)c(CC)c1Nc1nc(N(c2nc3ccc(S(=O)(=O)O[N+](CC)(CC)CC)cc3s2)c2c(CC)cc(C)c(S(=O)(=O)O[N+](CC)(CC)CC)c2CC)cc(C)c1N=Nc1c(C#N)c(C(C)(C)C)nn1-c1nc2ccc(S(=O)(=O)O[N+](CC)(CC)CC)cc2s1. The summed E-state index contributed by atoms with van der Waals surface area (Å²) in [5.74, 6) is 0.171. The van der Waals surface area contributed by atoms with Crippen LogP contribution in [-0.2, 0) is 88.7 Å². The van der Waals surface area contributed by atoms with Crippen molar-refractivity contribution in [2.45, 2.75) is 203 Å².